The average molecular weight is 247 g/mol. The first kappa shape index (κ1) is 11.3. The van der Waals surface area contributed by atoms with Gasteiger partial charge in [-0.3, -0.25) is 4.79 Å². The molecule has 1 aromatic carbocycles. The van der Waals surface area contributed by atoms with Crippen molar-refractivity contribution in [2.75, 3.05) is 43.6 Å². The number of piperazine rings is 1. The van der Waals surface area contributed by atoms with Crippen molar-refractivity contribution < 1.29 is 9.53 Å². The SMILES string of the molecule is COc1ccc2c(c1)N(C)C(=O)C1CNCCN21. The van der Waals surface area contributed by atoms with Crippen molar-refractivity contribution >= 4 is 17.3 Å². The second-order valence-corrected chi connectivity index (χ2v) is 4.67. The summed E-state index contributed by atoms with van der Waals surface area (Å²) in [6.07, 6.45) is 0. The number of benzene rings is 1. The number of likely N-dealkylation sites (N-methyl/N-ethyl adjacent to an activating group) is 1. The van der Waals surface area contributed by atoms with E-state index in [2.05, 4.69) is 10.2 Å². The fourth-order valence-corrected chi connectivity index (χ4v) is 2.70. The molecule has 0 saturated carbocycles. The van der Waals surface area contributed by atoms with Crippen LogP contribution in [-0.2, 0) is 4.79 Å². The number of nitrogens with one attached hydrogen (secondary N) is 1. The minimum atomic E-state index is -0.0790. The summed E-state index contributed by atoms with van der Waals surface area (Å²) in [5.41, 5.74) is 2.04. The summed E-state index contributed by atoms with van der Waals surface area (Å²) < 4.78 is 5.23. The largest absolute Gasteiger partial charge is 0.497 e. The maximum atomic E-state index is 12.3. The Kier molecular flexibility index (Phi) is 2.63. The molecule has 96 valence electrons. The fraction of sp³-hybridized carbons (Fsp3) is 0.462. The number of fused-ring (bicyclic) bond motifs is 3. The van der Waals surface area contributed by atoms with E-state index in [-0.39, 0.29) is 11.9 Å². The molecule has 2 aliphatic heterocycles. The molecule has 18 heavy (non-hydrogen) atoms. The van der Waals surface area contributed by atoms with E-state index in [9.17, 15) is 4.79 Å². The first-order valence-corrected chi connectivity index (χ1v) is 6.15. The highest BCUT2D eigenvalue weighted by Crippen LogP contribution is 2.38. The first-order valence-electron chi connectivity index (χ1n) is 6.15. The molecule has 1 saturated heterocycles. The second-order valence-electron chi connectivity index (χ2n) is 4.67. The van der Waals surface area contributed by atoms with Crippen molar-refractivity contribution in [3.63, 3.8) is 0 Å². The van der Waals surface area contributed by atoms with Crippen LogP contribution in [0, 0.1) is 0 Å². The van der Waals surface area contributed by atoms with E-state index < -0.39 is 0 Å². The Bertz CT molecular complexity index is 489. The lowest BCUT2D eigenvalue weighted by Crippen LogP contribution is -2.61. The van der Waals surface area contributed by atoms with Gasteiger partial charge in [0.25, 0.3) is 5.91 Å². The fourth-order valence-electron chi connectivity index (χ4n) is 2.70. The van der Waals surface area contributed by atoms with Gasteiger partial charge in [0, 0.05) is 32.7 Å². The third kappa shape index (κ3) is 1.54. The van der Waals surface area contributed by atoms with E-state index in [1.165, 1.54) is 0 Å². The van der Waals surface area contributed by atoms with E-state index in [0.717, 1.165) is 30.2 Å². The van der Waals surface area contributed by atoms with E-state index >= 15 is 0 Å². The van der Waals surface area contributed by atoms with Crippen LogP contribution in [0.15, 0.2) is 18.2 Å². The summed E-state index contributed by atoms with van der Waals surface area (Å²) in [6.45, 7) is 2.50. The number of amides is 1. The Balaban J connectivity index is 2.09. The Morgan fingerprint density at radius 2 is 2.22 bits per heavy atom. The molecule has 1 N–H and O–H groups in total. The molecule has 5 nitrogen and oxygen atoms in total. The third-order valence-corrected chi connectivity index (χ3v) is 3.71. The number of nitrogens with zero attached hydrogens (tertiary/aromatic N) is 2. The highest BCUT2D eigenvalue weighted by molar-refractivity contribution is 6.05. The Hall–Kier alpha value is -1.75. The first-order chi connectivity index (χ1) is 8.72. The molecule has 0 radical (unpaired) electrons. The van der Waals surface area contributed by atoms with Gasteiger partial charge >= 0.3 is 0 Å². The van der Waals surface area contributed by atoms with Gasteiger partial charge in [-0.25, -0.2) is 0 Å². The third-order valence-electron chi connectivity index (χ3n) is 3.71. The summed E-state index contributed by atoms with van der Waals surface area (Å²) in [7, 11) is 3.46. The number of carbonyl (C=O) groups is 1. The van der Waals surface area contributed by atoms with Crippen LogP contribution in [0.1, 0.15) is 0 Å². The Morgan fingerprint density at radius 3 is 3.00 bits per heavy atom. The molecular weight excluding hydrogens is 230 g/mol. The predicted octanol–water partition coefficient (Wildman–Crippen LogP) is 0.450. The predicted molar refractivity (Wildman–Crippen MR) is 70.4 cm³/mol. The van der Waals surface area contributed by atoms with Gasteiger partial charge in [0.2, 0.25) is 0 Å². The number of methoxy groups -OCH3 is 1. The summed E-state index contributed by atoms with van der Waals surface area (Å²) in [6, 6.07) is 5.83. The molecular formula is C13H17N3O2. The highest BCUT2D eigenvalue weighted by atomic mass is 16.5. The molecule has 0 bridgehead atoms. The minimum absolute atomic E-state index is 0.0790. The van der Waals surface area contributed by atoms with Crippen LogP contribution < -0.4 is 19.9 Å². The minimum Gasteiger partial charge on any atom is -0.497 e. The van der Waals surface area contributed by atoms with Crippen molar-refractivity contribution in [2.45, 2.75) is 6.04 Å². The van der Waals surface area contributed by atoms with E-state index in [1.807, 2.05) is 25.2 Å². The molecule has 1 fully saturated rings. The lowest BCUT2D eigenvalue weighted by molar-refractivity contribution is -0.120. The van der Waals surface area contributed by atoms with Gasteiger partial charge in [0.05, 0.1) is 18.5 Å². The van der Waals surface area contributed by atoms with Gasteiger partial charge < -0.3 is 19.9 Å². The van der Waals surface area contributed by atoms with Crippen LogP contribution >= 0.6 is 0 Å². The lowest BCUT2D eigenvalue weighted by atomic mass is 10.0. The van der Waals surface area contributed by atoms with Crippen molar-refractivity contribution in [3.8, 4) is 5.75 Å². The normalized spacial score (nSPS) is 22.6. The molecule has 1 aromatic rings. The van der Waals surface area contributed by atoms with Crippen LogP contribution in [0.3, 0.4) is 0 Å². The van der Waals surface area contributed by atoms with Crippen molar-refractivity contribution in [1.29, 1.82) is 0 Å². The summed E-state index contributed by atoms with van der Waals surface area (Å²) >= 11 is 0. The summed E-state index contributed by atoms with van der Waals surface area (Å²) in [4.78, 5) is 16.2. The Labute approximate surface area is 106 Å². The van der Waals surface area contributed by atoms with Crippen LogP contribution in [0.25, 0.3) is 0 Å². The number of anilines is 2. The zero-order valence-electron chi connectivity index (χ0n) is 10.6. The van der Waals surface area contributed by atoms with Gasteiger partial charge in [0.15, 0.2) is 0 Å². The van der Waals surface area contributed by atoms with Crippen molar-refractivity contribution in [1.82, 2.24) is 5.32 Å². The molecule has 1 atom stereocenters. The molecule has 1 amide bonds. The number of rotatable bonds is 1. The number of hydrogen-bond acceptors (Lipinski definition) is 4. The maximum Gasteiger partial charge on any atom is 0.250 e. The van der Waals surface area contributed by atoms with E-state index in [0.29, 0.717) is 6.54 Å². The van der Waals surface area contributed by atoms with E-state index in [1.54, 1.807) is 12.0 Å². The Morgan fingerprint density at radius 1 is 1.39 bits per heavy atom. The van der Waals surface area contributed by atoms with Crippen LogP contribution in [0.5, 0.6) is 5.75 Å². The average Bonchev–Trinajstić information content (AvgIpc) is 2.44. The van der Waals surface area contributed by atoms with Gasteiger partial charge in [-0.2, -0.15) is 0 Å². The molecule has 0 aromatic heterocycles. The zero-order valence-corrected chi connectivity index (χ0v) is 10.6. The molecule has 5 heteroatoms. The number of carbonyl (C=O) groups excluding carboxylic acids is 1. The topological polar surface area (TPSA) is 44.8 Å². The summed E-state index contributed by atoms with van der Waals surface area (Å²) in [5, 5.41) is 3.27. The summed E-state index contributed by atoms with van der Waals surface area (Å²) in [5.74, 6) is 0.921. The quantitative estimate of drug-likeness (QED) is 0.782. The van der Waals surface area contributed by atoms with Crippen LogP contribution in [0.2, 0.25) is 0 Å². The van der Waals surface area contributed by atoms with Crippen LogP contribution in [-0.4, -0.2) is 45.7 Å². The van der Waals surface area contributed by atoms with E-state index in [4.69, 9.17) is 4.74 Å². The standard InChI is InChI=1S/C13H17N3O2/c1-15-11-7-9(18-2)3-4-10(11)16-6-5-14-8-12(16)13(15)17/h3-4,7,12,14H,5-6,8H2,1-2H3. The number of ether oxygens (including phenoxy) is 1. The molecule has 1 unspecified atom stereocenters. The lowest BCUT2D eigenvalue weighted by Gasteiger charge is -2.44. The molecule has 0 aliphatic carbocycles. The molecule has 2 heterocycles. The van der Waals surface area contributed by atoms with Gasteiger partial charge in [-0.15, -0.1) is 0 Å². The zero-order chi connectivity index (χ0) is 12.7. The highest BCUT2D eigenvalue weighted by Gasteiger charge is 2.37. The molecule has 0 spiro atoms. The van der Waals surface area contributed by atoms with Crippen molar-refractivity contribution in [2.24, 2.45) is 0 Å². The van der Waals surface area contributed by atoms with Gasteiger partial charge in [0.1, 0.15) is 11.8 Å². The number of hydrogen-bond donors (Lipinski definition) is 1. The second kappa shape index (κ2) is 4.17. The smallest absolute Gasteiger partial charge is 0.250 e. The molecule has 3 rings (SSSR count). The maximum absolute atomic E-state index is 12.3. The monoisotopic (exact) mass is 247 g/mol. The van der Waals surface area contributed by atoms with Gasteiger partial charge in [-0.1, -0.05) is 0 Å². The van der Waals surface area contributed by atoms with Gasteiger partial charge in [-0.05, 0) is 12.1 Å². The van der Waals surface area contributed by atoms with Crippen molar-refractivity contribution in [3.05, 3.63) is 18.2 Å². The molecule has 2 aliphatic rings. The van der Waals surface area contributed by atoms with Crippen LogP contribution in [0.4, 0.5) is 11.4 Å².